The first-order valence-electron chi connectivity index (χ1n) is 8.20. The lowest BCUT2D eigenvalue weighted by molar-refractivity contribution is -0.127. The van der Waals surface area contributed by atoms with E-state index in [1.165, 1.54) is 0 Å². The number of rotatable bonds is 2. The Kier molecular flexibility index (Phi) is 4.91. The van der Waals surface area contributed by atoms with Crippen molar-refractivity contribution in [2.24, 2.45) is 23.2 Å². The summed E-state index contributed by atoms with van der Waals surface area (Å²) in [7, 11) is 0. The van der Waals surface area contributed by atoms with Gasteiger partial charge < -0.3 is 10.0 Å². The number of ketones is 1. The minimum Gasteiger partial charge on any atom is -0.392 e. The standard InChI is InChI=1S/C17H31NO2/c1-12-7-8-18(11-16(12)20)10-13-9-14(17(2,3)4)5-6-15(13)19/h12-14,16,20H,5-11H2,1-4H3. The SMILES string of the molecule is CC1CCN(CC2CC(C(C)(C)C)CCC2=O)CC1O. The van der Waals surface area contributed by atoms with Crippen LogP contribution < -0.4 is 0 Å². The first kappa shape index (κ1) is 16.0. The van der Waals surface area contributed by atoms with E-state index in [4.69, 9.17) is 0 Å². The molecule has 1 N–H and O–H groups in total. The van der Waals surface area contributed by atoms with Gasteiger partial charge in [-0.3, -0.25) is 4.79 Å². The Balaban J connectivity index is 1.92. The van der Waals surface area contributed by atoms with Crippen LogP contribution in [-0.4, -0.2) is 41.5 Å². The van der Waals surface area contributed by atoms with Crippen molar-refractivity contribution >= 4 is 5.78 Å². The smallest absolute Gasteiger partial charge is 0.137 e. The highest BCUT2D eigenvalue weighted by molar-refractivity contribution is 5.82. The van der Waals surface area contributed by atoms with E-state index in [-0.39, 0.29) is 12.0 Å². The normalized spacial score (nSPS) is 37.1. The van der Waals surface area contributed by atoms with Crippen LogP contribution in [0.2, 0.25) is 0 Å². The lowest BCUT2D eigenvalue weighted by Crippen LogP contribution is -2.47. The number of likely N-dealkylation sites (tertiary alicyclic amines) is 1. The topological polar surface area (TPSA) is 40.5 Å². The Hall–Kier alpha value is -0.410. The molecular weight excluding hydrogens is 250 g/mol. The van der Waals surface area contributed by atoms with E-state index in [1.807, 2.05) is 0 Å². The molecule has 2 fully saturated rings. The van der Waals surface area contributed by atoms with Crippen molar-refractivity contribution in [1.82, 2.24) is 4.90 Å². The van der Waals surface area contributed by atoms with Crippen molar-refractivity contribution in [1.29, 1.82) is 0 Å². The van der Waals surface area contributed by atoms with E-state index in [2.05, 4.69) is 32.6 Å². The van der Waals surface area contributed by atoms with Gasteiger partial charge in [0, 0.05) is 25.4 Å². The van der Waals surface area contributed by atoms with E-state index in [0.717, 1.165) is 45.3 Å². The second kappa shape index (κ2) is 6.15. The van der Waals surface area contributed by atoms with Crippen LogP contribution in [0.4, 0.5) is 0 Å². The highest BCUT2D eigenvalue weighted by Crippen LogP contribution is 2.39. The van der Waals surface area contributed by atoms with Crippen molar-refractivity contribution in [2.75, 3.05) is 19.6 Å². The van der Waals surface area contributed by atoms with Gasteiger partial charge in [0.1, 0.15) is 5.78 Å². The molecule has 4 unspecified atom stereocenters. The lowest BCUT2D eigenvalue weighted by atomic mass is 9.68. The first-order chi connectivity index (χ1) is 9.27. The largest absolute Gasteiger partial charge is 0.392 e. The summed E-state index contributed by atoms with van der Waals surface area (Å²) in [5.74, 6) is 1.68. The molecule has 3 nitrogen and oxygen atoms in total. The van der Waals surface area contributed by atoms with Crippen LogP contribution in [0.1, 0.15) is 53.4 Å². The summed E-state index contributed by atoms with van der Waals surface area (Å²) in [4.78, 5) is 14.5. The highest BCUT2D eigenvalue weighted by Gasteiger charge is 2.36. The molecular formula is C17H31NO2. The second-order valence-electron chi connectivity index (χ2n) is 8.09. The zero-order valence-corrected chi connectivity index (χ0v) is 13.6. The number of hydrogen-bond acceptors (Lipinski definition) is 3. The molecule has 0 radical (unpaired) electrons. The first-order valence-corrected chi connectivity index (χ1v) is 8.20. The van der Waals surface area contributed by atoms with Crippen molar-refractivity contribution < 1.29 is 9.90 Å². The maximum Gasteiger partial charge on any atom is 0.137 e. The Morgan fingerprint density at radius 3 is 2.60 bits per heavy atom. The zero-order valence-electron chi connectivity index (χ0n) is 13.6. The van der Waals surface area contributed by atoms with Gasteiger partial charge in [-0.1, -0.05) is 27.7 Å². The van der Waals surface area contributed by atoms with E-state index in [9.17, 15) is 9.90 Å². The number of nitrogens with zero attached hydrogens (tertiary/aromatic N) is 1. The highest BCUT2D eigenvalue weighted by atomic mass is 16.3. The van der Waals surface area contributed by atoms with Gasteiger partial charge in [-0.2, -0.15) is 0 Å². The molecule has 0 spiro atoms. The maximum absolute atomic E-state index is 12.2. The molecule has 2 aliphatic rings. The summed E-state index contributed by atoms with van der Waals surface area (Å²) in [5, 5.41) is 10.00. The average molecular weight is 281 g/mol. The van der Waals surface area contributed by atoms with Gasteiger partial charge in [0.05, 0.1) is 6.10 Å². The van der Waals surface area contributed by atoms with Gasteiger partial charge >= 0.3 is 0 Å². The van der Waals surface area contributed by atoms with Crippen LogP contribution in [0.3, 0.4) is 0 Å². The molecule has 0 aromatic heterocycles. The van der Waals surface area contributed by atoms with Crippen LogP contribution in [-0.2, 0) is 4.79 Å². The molecule has 1 aliphatic heterocycles. The molecule has 1 saturated carbocycles. The van der Waals surface area contributed by atoms with Crippen LogP contribution in [0.25, 0.3) is 0 Å². The third kappa shape index (κ3) is 3.82. The number of aliphatic hydroxyl groups excluding tert-OH is 1. The molecule has 2 rings (SSSR count). The monoisotopic (exact) mass is 281 g/mol. The van der Waals surface area contributed by atoms with E-state index < -0.39 is 0 Å². The summed E-state index contributed by atoms with van der Waals surface area (Å²) in [6.07, 6.45) is 3.66. The van der Waals surface area contributed by atoms with Crippen LogP contribution in [0.5, 0.6) is 0 Å². The molecule has 0 aromatic carbocycles. The lowest BCUT2D eigenvalue weighted by Gasteiger charge is -2.40. The molecule has 3 heteroatoms. The van der Waals surface area contributed by atoms with Crippen LogP contribution >= 0.6 is 0 Å². The van der Waals surface area contributed by atoms with Gasteiger partial charge in [0.2, 0.25) is 0 Å². The minimum atomic E-state index is -0.221. The van der Waals surface area contributed by atoms with E-state index >= 15 is 0 Å². The predicted octanol–water partition coefficient (Wildman–Crippen LogP) is 2.72. The molecule has 4 atom stereocenters. The van der Waals surface area contributed by atoms with Crippen molar-refractivity contribution in [3.05, 3.63) is 0 Å². The summed E-state index contributed by atoms with van der Waals surface area (Å²) >= 11 is 0. The summed E-state index contributed by atoms with van der Waals surface area (Å²) in [6.45, 7) is 11.6. The number of carbonyl (C=O) groups is 1. The van der Waals surface area contributed by atoms with Crippen LogP contribution in [0.15, 0.2) is 0 Å². The number of carbonyl (C=O) groups excluding carboxylic acids is 1. The summed E-state index contributed by atoms with van der Waals surface area (Å²) in [6, 6.07) is 0. The molecule has 1 saturated heterocycles. The fourth-order valence-electron chi connectivity index (χ4n) is 3.67. The maximum atomic E-state index is 12.2. The van der Waals surface area contributed by atoms with Crippen molar-refractivity contribution in [3.63, 3.8) is 0 Å². The predicted molar refractivity (Wildman–Crippen MR) is 81.5 cm³/mol. The third-order valence-corrected chi connectivity index (χ3v) is 5.47. The Morgan fingerprint density at radius 1 is 1.30 bits per heavy atom. The molecule has 116 valence electrons. The number of aliphatic hydroxyl groups is 1. The third-order valence-electron chi connectivity index (χ3n) is 5.47. The molecule has 0 bridgehead atoms. The molecule has 1 heterocycles. The fourth-order valence-corrected chi connectivity index (χ4v) is 3.67. The minimum absolute atomic E-state index is 0.189. The van der Waals surface area contributed by atoms with Crippen molar-refractivity contribution in [2.45, 2.75) is 59.5 Å². The fraction of sp³-hybridized carbons (Fsp3) is 0.941. The summed E-state index contributed by atoms with van der Waals surface area (Å²) < 4.78 is 0. The Morgan fingerprint density at radius 2 is 2.00 bits per heavy atom. The molecule has 1 aliphatic carbocycles. The number of β-amino-alcohol motifs (C(OH)–C–C–N with tert-alkyl or cyclic N) is 1. The molecule has 20 heavy (non-hydrogen) atoms. The van der Waals surface area contributed by atoms with Gasteiger partial charge in [0.25, 0.3) is 0 Å². The quantitative estimate of drug-likeness (QED) is 0.846. The van der Waals surface area contributed by atoms with E-state index in [1.54, 1.807) is 0 Å². The molecule has 0 aromatic rings. The van der Waals surface area contributed by atoms with Gasteiger partial charge in [-0.15, -0.1) is 0 Å². The van der Waals surface area contributed by atoms with Gasteiger partial charge in [-0.25, -0.2) is 0 Å². The van der Waals surface area contributed by atoms with Gasteiger partial charge in [0.15, 0.2) is 0 Å². The zero-order chi connectivity index (χ0) is 14.9. The summed E-state index contributed by atoms with van der Waals surface area (Å²) in [5.41, 5.74) is 0.300. The van der Waals surface area contributed by atoms with E-state index in [0.29, 0.717) is 23.0 Å². The Labute approximate surface area is 123 Å². The Bertz CT molecular complexity index is 347. The average Bonchev–Trinajstić information content (AvgIpc) is 2.35. The van der Waals surface area contributed by atoms with Gasteiger partial charge in [-0.05, 0) is 43.1 Å². The second-order valence-corrected chi connectivity index (χ2v) is 8.09. The number of Topliss-reactive ketones (excluding diaryl/α,β-unsaturated/α-hetero) is 1. The number of hydrogen-bond donors (Lipinski definition) is 1. The number of piperidine rings is 1. The van der Waals surface area contributed by atoms with Crippen LogP contribution in [0, 0.1) is 23.2 Å². The van der Waals surface area contributed by atoms with Crippen molar-refractivity contribution in [3.8, 4) is 0 Å². The molecule has 0 amide bonds.